The molecule has 0 spiro atoms. The van der Waals surface area contributed by atoms with E-state index in [1.165, 1.54) is 11.1 Å². The SMILES string of the molecule is C=C(NCC)c1ccc(-c2ccc3c(c2)CN(c2cc(N4CCN(C)CC4)nc(N)n2)C(C)C3)nc1. The average Bonchev–Trinajstić information content (AvgIpc) is 2.88. The molecule has 36 heavy (non-hydrogen) atoms. The van der Waals surface area contributed by atoms with E-state index in [1.807, 2.05) is 6.20 Å². The van der Waals surface area contributed by atoms with Gasteiger partial charge in [-0.3, -0.25) is 4.98 Å². The molecule has 3 aromatic rings. The van der Waals surface area contributed by atoms with Crippen LogP contribution in [0.4, 0.5) is 17.6 Å². The van der Waals surface area contributed by atoms with Gasteiger partial charge in [-0.1, -0.05) is 18.7 Å². The zero-order valence-electron chi connectivity index (χ0n) is 21.5. The fraction of sp³-hybridized carbons (Fsp3) is 0.393. The lowest BCUT2D eigenvalue weighted by Gasteiger charge is -2.37. The van der Waals surface area contributed by atoms with Crippen LogP contribution in [0.25, 0.3) is 17.0 Å². The second-order valence-electron chi connectivity index (χ2n) is 9.84. The van der Waals surface area contributed by atoms with E-state index in [9.17, 15) is 0 Å². The van der Waals surface area contributed by atoms with E-state index in [0.29, 0.717) is 12.0 Å². The van der Waals surface area contributed by atoms with Crippen molar-refractivity contribution in [3.8, 4) is 11.3 Å². The summed E-state index contributed by atoms with van der Waals surface area (Å²) in [7, 11) is 2.16. The van der Waals surface area contributed by atoms with Gasteiger partial charge in [0.25, 0.3) is 0 Å². The molecule has 0 amide bonds. The van der Waals surface area contributed by atoms with Gasteiger partial charge in [0.2, 0.25) is 5.95 Å². The van der Waals surface area contributed by atoms with Crippen molar-refractivity contribution in [2.45, 2.75) is 32.9 Å². The van der Waals surface area contributed by atoms with Crippen molar-refractivity contribution in [2.75, 3.05) is 55.3 Å². The first-order chi connectivity index (χ1) is 17.4. The molecule has 0 saturated carbocycles. The highest BCUT2D eigenvalue weighted by molar-refractivity contribution is 5.66. The Labute approximate surface area is 213 Å². The summed E-state index contributed by atoms with van der Waals surface area (Å²) in [5.41, 5.74) is 12.8. The number of nitrogens with two attached hydrogens (primary N) is 1. The number of nitrogens with one attached hydrogen (secondary N) is 1. The van der Waals surface area contributed by atoms with Crippen LogP contribution in [0.1, 0.15) is 30.5 Å². The number of fused-ring (bicyclic) bond motifs is 1. The van der Waals surface area contributed by atoms with Gasteiger partial charge >= 0.3 is 0 Å². The maximum atomic E-state index is 6.19. The summed E-state index contributed by atoms with van der Waals surface area (Å²) in [6.07, 6.45) is 2.84. The molecule has 0 radical (unpaired) electrons. The van der Waals surface area contributed by atoms with Crippen LogP contribution in [0.2, 0.25) is 0 Å². The van der Waals surface area contributed by atoms with Gasteiger partial charge in [0.15, 0.2) is 0 Å². The summed E-state index contributed by atoms with van der Waals surface area (Å²) in [6, 6.07) is 13.2. The lowest BCUT2D eigenvalue weighted by molar-refractivity contribution is 0.312. The third-order valence-electron chi connectivity index (χ3n) is 7.23. The van der Waals surface area contributed by atoms with Gasteiger partial charge in [0.05, 0.1) is 5.69 Å². The number of anilines is 3. The first kappa shape index (κ1) is 24.1. The number of hydrogen-bond donors (Lipinski definition) is 2. The van der Waals surface area contributed by atoms with Gasteiger partial charge in [0.1, 0.15) is 11.6 Å². The van der Waals surface area contributed by atoms with E-state index in [-0.39, 0.29) is 0 Å². The van der Waals surface area contributed by atoms with E-state index in [2.05, 4.69) is 93.9 Å². The highest BCUT2D eigenvalue weighted by atomic mass is 15.3. The maximum Gasteiger partial charge on any atom is 0.223 e. The maximum absolute atomic E-state index is 6.19. The second-order valence-corrected chi connectivity index (χ2v) is 9.84. The molecule has 2 aliphatic rings. The van der Waals surface area contributed by atoms with Gasteiger partial charge in [-0.05, 0) is 56.6 Å². The molecule has 1 aromatic carbocycles. The molecule has 2 aromatic heterocycles. The number of benzene rings is 1. The normalized spacial score (nSPS) is 18.1. The molecule has 1 fully saturated rings. The van der Waals surface area contributed by atoms with E-state index < -0.39 is 0 Å². The molecular formula is C28H36N8. The van der Waals surface area contributed by atoms with E-state index in [0.717, 1.165) is 79.8 Å². The Morgan fingerprint density at radius 1 is 1.06 bits per heavy atom. The summed E-state index contributed by atoms with van der Waals surface area (Å²) in [5, 5.41) is 3.25. The molecule has 8 heteroatoms. The Balaban J connectivity index is 1.39. The number of nitrogen functional groups attached to an aromatic ring is 1. The number of pyridine rings is 1. The van der Waals surface area contributed by atoms with E-state index in [4.69, 9.17) is 10.7 Å². The highest BCUT2D eigenvalue weighted by Gasteiger charge is 2.26. The molecule has 1 atom stereocenters. The van der Waals surface area contributed by atoms with Crippen molar-refractivity contribution in [3.05, 3.63) is 65.9 Å². The highest BCUT2D eigenvalue weighted by Crippen LogP contribution is 2.32. The number of hydrogen-bond acceptors (Lipinski definition) is 8. The van der Waals surface area contributed by atoms with Crippen LogP contribution in [-0.2, 0) is 13.0 Å². The van der Waals surface area contributed by atoms with Gasteiger partial charge in [0, 0.05) is 74.4 Å². The first-order valence-electron chi connectivity index (χ1n) is 12.8. The fourth-order valence-corrected chi connectivity index (χ4v) is 5.05. The standard InChI is InChI=1S/C28H36N8/c1-5-30-20(3)23-8-9-25(31-17-23)22-7-6-21-14-19(2)36(18-24(21)15-22)27-16-26(32-28(29)33-27)35-12-10-34(4)11-13-35/h6-9,15-17,19,30H,3,5,10-14,18H2,1-2,4H3,(H2,29,32,33). The predicted octanol–water partition coefficient (Wildman–Crippen LogP) is 3.40. The Morgan fingerprint density at radius 3 is 2.56 bits per heavy atom. The van der Waals surface area contributed by atoms with Crippen LogP contribution in [-0.4, -0.2) is 65.7 Å². The van der Waals surface area contributed by atoms with Crippen LogP contribution in [0.3, 0.4) is 0 Å². The molecular weight excluding hydrogens is 448 g/mol. The molecule has 0 aliphatic carbocycles. The first-order valence-corrected chi connectivity index (χ1v) is 12.8. The molecule has 3 N–H and O–H groups in total. The summed E-state index contributed by atoms with van der Waals surface area (Å²) in [5.74, 6) is 2.14. The minimum atomic E-state index is 0.312. The molecule has 188 valence electrons. The van der Waals surface area contributed by atoms with Gasteiger partial charge in [-0.25, -0.2) is 0 Å². The van der Waals surface area contributed by atoms with Crippen molar-refractivity contribution >= 4 is 23.3 Å². The Morgan fingerprint density at radius 2 is 1.83 bits per heavy atom. The minimum absolute atomic E-state index is 0.312. The molecule has 1 saturated heterocycles. The molecule has 1 unspecified atom stereocenters. The monoisotopic (exact) mass is 484 g/mol. The molecule has 0 bridgehead atoms. The fourth-order valence-electron chi connectivity index (χ4n) is 5.05. The van der Waals surface area contributed by atoms with Gasteiger partial charge in [-0.2, -0.15) is 9.97 Å². The van der Waals surface area contributed by atoms with Crippen molar-refractivity contribution in [1.82, 2.24) is 25.2 Å². The average molecular weight is 485 g/mol. The summed E-state index contributed by atoms with van der Waals surface area (Å²) >= 11 is 0. The van der Waals surface area contributed by atoms with Gasteiger partial charge < -0.3 is 25.8 Å². The number of nitrogens with zero attached hydrogens (tertiary/aromatic N) is 6. The smallest absolute Gasteiger partial charge is 0.223 e. The van der Waals surface area contributed by atoms with E-state index in [1.54, 1.807) is 0 Å². The van der Waals surface area contributed by atoms with Crippen LogP contribution in [0, 0.1) is 0 Å². The Bertz CT molecular complexity index is 1230. The Kier molecular flexibility index (Phi) is 6.78. The number of piperazine rings is 1. The van der Waals surface area contributed by atoms with Gasteiger partial charge in [-0.15, -0.1) is 0 Å². The zero-order chi connectivity index (χ0) is 25.2. The lowest BCUT2D eigenvalue weighted by atomic mass is 9.92. The molecule has 5 rings (SSSR count). The van der Waals surface area contributed by atoms with E-state index >= 15 is 0 Å². The van der Waals surface area contributed by atoms with Crippen molar-refractivity contribution in [3.63, 3.8) is 0 Å². The van der Waals surface area contributed by atoms with Crippen molar-refractivity contribution < 1.29 is 0 Å². The number of rotatable bonds is 6. The molecule has 2 aliphatic heterocycles. The molecule has 8 nitrogen and oxygen atoms in total. The predicted molar refractivity (Wildman–Crippen MR) is 148 cm³/mol. The van der Waals surface area contributed by atoms with Crippen LogP contribution >= 0.6 is 0 Å². The quantitative estimate of drug-likeness (QED) is 0.551. The third-order valence-corrected chi connectivity index (χ3v) is 7.23. The van der Waals surface area contributed by atoms with Crippen molar-refractivity contribution in [1.29, 1.82) is 0 Å². The second kappa shape index (κ2) is 10.1. The van der Waals surface area contributed by atoms with Crippen LogP contribution in [0.15, 0.2) is 49.2 Å². The largest absolute Gasteiger partial charge is 0.385 e. The minimum Gasteiger partial charge on any atom is -0.385 e. The van der Waals surface area contributed by atoms with Crippen LogP contribution in [0.5, 0.6) is 0 Å². The zero-order valence-corrected chi connectivity index (χ0v) is 21.5. The van der Waals surface area contributed by atoms with Crippen molar-refractivity contribution in [2.24, 2.45) is 0 Å². The number of likely N-dealkylation sites (N-methyl/N-ethyl adjacent to an activating group) is 1. The topological polar surface area (TPSA) is 86.4 Å². The lowest BCUT2D eigenvalue weighted by Crippen LogP contribution is -2.45. The van der Waals surface area contributed by atoms with Crippen LogP contribution < -0.4 is 20.9 Å². The summed E-state index contributed by atoms with van der Waals surface area (Å²) < 4.78 is 0. The Hall–Kier alpha value is -3.65. The molecule has 4 heterocycles. The number of aromatic nitrogens is 3. The summed E-state index contributed by atoms with van der Waals surface area (Å²) in [4.78, 5) is 20.9. The third kappa shape index (κ3) is 4.99. The summed E-state index contributed by atoms with van der Waals surface area (Å²) in [6.45, 7) is 14.0.